The molecule has 0 aliphatic carbocycles. The summed E-state index contributed by atoms with van der Waals surface area (Å²) in [6.07, 6.45) is -2.74. The Kier molecular flexibility index (Phi) is 6.03. The second-order valence-corrected chi connectivity index (χ2v) is 7.41. The Morgan fingerprint density at radius 2 is 1.88 bits per heavy atom. The molecular formula is C22H21F3N6O2. The maximum atomic E-state index is 12.9. The maximum Gasteiger partial charge on any atom is 0.573 e. The van der Waals surface area contributed by atoms with Gasteiger partial charge in [0, 0.05) is 5.39 Å². The lowest BCUT2D eigenvalue weighted by molar-refractivity contribution is -0.274. The highest BCUT2D eigenvalue weighted by molar-refractivity contribution is 5.93. The van der Waals surface area contributed by atoms with Crippen molar-refractivity contribution in [2.24, 2.45) is 5.73 Å². The average molecular weight is 458 g/mol. The number of halogens is 3. The van der Waals surface area contributed by atoms with Gasteiger partial charge in [-0.1, -0.05) is 44.0 Å². The third-order valence-electron chi connectivity index (χ3n) is 5.03. The van der Waals surface area contributed by atoms with Crippen LogP contribution in [0.5, 0.6) is 5.75 Å². The van der Waals surface area contributed by atoms with E-state index in [4.69, 9.17) is 5.73 Å². The van der Waals surface area contributed by atoms with Gasteiger partial charge in [-0.2, -0.15) is 4.52 Å². The van der Waals surface area contributed by atoms with Crippen molar-refractivity contribution in [1.29, 1.82) is 0 Å². The van der Waals surface area contributed by atoms with Gasteiger partial charge in [-0.3, -0.25) is 4.79 Å². The van der Waals surface area contributed by atoms with Crippen LogP contribution in [0.1, 0.15) is 26.2 Å². The minimum absolute atomic E-state index is 0.0141. The van der Waals surface area contributed by atoms with Crippen LogP contribution in [0, 0.1) is 0 Å². The Labute approximate surface area is 186 Å². The molecule has 0 radical (unpaired) electrons. The Morgan fingerprint density at radius 3 is 2.61 bits per heavy atom. The molecule has 0 aliphatic heterocycles. The molecule has 0 spiro atoms. The topological polar surface area (TPSA) is 107 Å². The summed E-state index contributed by atoms with van der Waals surface area (Å²) in [5.74, 6) is -0.752. The van der Waals surface area contributed by atoms with Crippen LogP contribution >= 0.6 is 0 Å². The van der Waals surface area contributed by atoms with Gasteiger partial charge in [0.05, 0.1) is 11.1 Å². The summed E-state index contributed by atoms with van der Waals surface area (Å²) in [5.41, 5.74) is 6.55. The van der Waals surface area contributed by atoms with Crippen molar-refractivity contribution in [3.63, 3.8) is 0 Å². The van der Waals surface area contributed by atoms with Crippen molar-refractivity contribution in [1.82, 2.24) is 19.6 Å². The van der Waals surface area contributed by atoms with Crippen LogP contribution in [-0.2, 0) is 4.79 Å². The fraction of sp³-hybridized carbons (Fsp3) is 0.273. The molecule has 1 amide bonds. The predicted molar refractivity (Wildman–Crippen MR) is 117 cm³/mol. The van der Waals surface area contributed by atoms with E-state index >= 15 is 0 Å². The van der Waals surface area contributed by atoms with E-state index in [1.54, 1.807) is 30.3 Å². The average Bonchev–Trinajstić information content (AvgIpc) is 3.21. The summed E-state index contributed by atoms with van der Waals surface area (Å²) in [6, 6.07) is 12.0. The lowest BCUT2D eigenvalue weighted by atomic mass is 10.1. The number of alkyl halides is 3. The highest BCUT2D eigenvalue weighted by Gasteiger charge is 2.32. The maximum absolute atomic E-state index is 12.9. The van der Waals surface area contributed by atoms with Gasteiger partial charge in [0.2, 0.25) is 11.9 Å². The molecule has 2 aromatic carbocycles. The van der Waals surface area contributed by atoms with Gasteiger partial charge in [0.1, 0.15) is 11.8 Å². The van der Waals surface area contributed by atoms with E-state index in [0.29, 0.717) is 23.0 Å². The number of carbonyl (C=O) groups excluding carboxylic acids is 1. The number of para-hydroxylation sites is 2. The van der Waals surface area contributed by atoms with Gasteiger partial charge in [0.25, 0.3) is 0 Å². The number of nitrogens with zero attached hydrogens (tertiary/aromatic N) is 4. The number of hydrogen-bond acceptors (Lipinski definition) is 6. The number of fused-ring (bicyclic) bond motifs is 3. The normalized spacial score (nSPS) is 12.7. The van der Waals surface area contributed by atoms with Crippen molar-refractivity contribution < 1.29 is 22.7 Å². The van der Waals surface area contributed by atoms with Crippen LogP contribution in [0.25, 0.3) is 27.9 Å². The zero-order valence-electron chi connectivity index (χ0n) is 17.6. The summed E-state index contributed by atoms with van der Waals surface area (Å²) >= 11 is 0. The highest BCUT2D eigenvalue weighted by atomic mass is 19.4. The standard InChI is InChI=1S/C22H21F3N6O2/c1-2-3-10-16(18(26)32)28-21-27-15-11-6-4-8-13(15)20-29-19(30-31(20)21)14-9-5-7-12-17(14)33-22(23,24)25/h4-9,11-12,16H,2-3,10H2,1H3,(H2,26,32)(H,27,28)/t16-/m0/s1. The van der Waals surface area contributed by atoms with E-state index in [1.807, 2.05) is 6.92 Å². The van der Waals surface area contributed by atoms with Gasteiger partial charge in [0.15, 0.2) is 11.5 Å². The number of rotatable bonds is 8. The molecule has 2 aromatic heterocycles. The largest absolute Gasteiger partial charge is 0.573 e. The molecular weight excluding hydrogens is 437 g/mol. The minimum atomic E-state index is -4.87. The number of benzene rings is 2. The Balaban J connectivity index is 1.87. The van der Waals surface area contributed by atoms with Crippen LogP contribution in [0.3, 0.4) is 0 Å². The van der Waals surface area contributed by atoms with E-state index < -0.39 is 24.1 Å². The molecule has 0 saturated heterocycles. The second kappa shape index (κ2) is 8.93. The molecule has 0 saturated carbocycles. The quantitative estimate of drug-likeness (QED) is 0.408. The first-order valence-electron chi connectivity index (χ1n) is 10.3. The van der Waals surface area contributed by atoms with Gasteiger partial charge >= 0.3 is 6.36 Å². The van der Waals surface area contributed by atoms with Crippen molar-refractivity contribution in [2.45, 2.75) is 38.6 Å². The zero-order chi connectivity index (χ0) is 23.6. The molecule has 8 nitrogen and oxygen atoms in total. The Hall–Kier alpha value is -3.89. The third-order valence-corrected chi connectivity index (χ3v) is 5.03. The van der Waals surface area contributed by atoms with E-state index in [1.165, 1.54) is 22.7 Å². The first kappa shape index (κ1) is 22.3. The van der Waals surface area contributed by atoms with Crippen molar-refractivity contribution in [3.8, 4) is 17.1 Å². The summed E-state index contributed by atoms with van der Waals surface area (Å²) in [5, 5.41) is 8.07. The van der Waals surface area contributed by atoms with Crippen molar-refractivity contribution in [3.05, 3.63) is 48.5 Å². The number of anilines is 1. The molecule has 2 heterocycles. The number of hydrogen-bond donors (Lipinski definition) is 2. The molecule has 0 unspecified atom stereocenters. The zero-order valence-corrected chi connectivity index (χ0v) is 17.6. The molecule has 4 aromatic rings. The number of carbonyl (C=O) groups is 1. The fourth-order valence-corrected chi connectivity index (χ4v) is 3.48. The first-order chi connectivity index (χ1) is 15.8. The lowest BCUT2D eigenvalue weighted by Gasteiger charge is -2.16. The lowest BCUT2D eigenvalue weighted by Crippen LogP contribution is -2.36. The second-order valence-electron chi connectivity index (χ2n) is 7.41. The smallest absolute Gasteiger partial charge is 0.405 e. The molecule has 0 aliphatic rings. The Bertz CT molecular complexity index is 1300. The minimum Gasteiger partial charge on any atom is -0.405 e. The van der Waals surface area contributed by atoms with Crippen LogP contribution in [0.2, 0.25) is 0 Å². The number of aromatic nitrogens is 4. The van der Waals surface area contributed by atoms with E-state index in [9.17, 15) is 18.0 Å². The van der Waals surface area contributed by atoms with Gasteiger partial charge in [-0.05, 0) is 30.7 Å². The van der Waals surface area contributed by atoms with Gasteiger partial charge in [-0.25, -0.2) is 9.97 Å². The summed E-state index contributed by atoms with van der Waals surface area (Å²) in [7, 11) is 0. The molecule has 4 rings (SSSR count). The summed E-state index contributed by atoms with van der Waals surface area (Å²) in [6.45, 7) is 1.99. The van der Waals surface area contributed by atoms with Crippen LogP contribution in [-0.4, -0.2) is 37.9 Å². The molecule has 0 bridgehead atoms. The van der Waals surface area contributed by atoms with Crippen LogP contribution < -0.4 is 15.8 Å². The Morgan fingerprint density at radius 1 is 1.15 bits per heavy atom. The molecule has 3 N–H and O–H groups in total. The van der Waals surface area contributed by atoms with Gasteiger partial charge in [-0.15, -0.1) is 18.3 Å². The van der Waals surface area contributed by atoms with E-state index in [2.05, 4.69) is 25.1 Å². The molecule has 11 heteroatoms. The fourth-order valence-electron chi connectivity index (χ4n) is 3.48. The molecule has 0 fully saturated rings. The number of unbranched alkanes of at least 4 members (excludes halogenated alkanes) is 1. The third kappa shape index (κ3) is 4.81. The summed E-state index contributed by atoms with van der Waals surface area (Å²) < 4.78 is 44.2. The molecule has 172 valence electrons. The van der Waals surface area contributed by atoms with Crippen molar-refractivity contribution in [2.75, 3.05) is 5.32 Å². The van der Waals surface area contributed by atoms with Crippen LogP contribution in [0.4, 0.5) is 19.1 Å². The number of nitrogens with one attached hydrogen (secondary N) is 1. The van der Waals surface area contributed by atoms with Crippen molar-refractivity contribution >= 4 is 28.4 Å². The predicted octanol–water partition coefficient (Wildman–Crippen LogP) is 4.30. The monoisotopic (exact) mass is 458 g/mol. The first-order valence-corrected chi connectivity index (χ1v) is 10.3. The van der Waals surface area contributed by atoms with E-state index in [-0.39, 0.29) is 17.3 Å². The van der Waals surface area contributed by atoms with E-state index in [0.717, 1.165) is 12.8 Å². The molecule has 33 heavy (non-hydrogen) atoms. The molecule has 1 atom stereocenters. The van der Waals surface area contributed by atoms with Gasteiger partial charge < -0.3 is 15.8 Å². The highest BCUT2D eigenvalue weighted by Crippen LogP contribution is 2.33. The summed E-state index contributed by atoms with van der Waals surface area (Å²) in [4.78, 5) is 21.0. The number of nitrogens with two attached hydrogens (primary N) is 1. The number of amides is 1. The number of primary amides is 1. The van der Waals surface area contributed by atoms with Crippen LogP contribution in [0.15, 0.2) is 48.5 Å². The number of ether oxygens (including phenoxy) is 1. The SMILES string of the molecule is CCCC[C@H](Nc1nc2ccccc2c2nc(-c3ccccc3OC(F)(F)F)nn12)C(N)=O.